The highest BCUT2D eigenvalue weighted by atomic mass is 15.3. The number of para-hydroxylation sites is 2. The molecule has 6 heteroatoms. The molecule has 0 aliphatic heterocycles. The van der Waals surface area contributed by atoms with E-state index in [2.05, 4.69) is 164 Å². The van der Waals surface area contributed by atoms with Gasteiger partial charge in [0.25, 0.3) is 0 Å². The number of nitrogens with zero attached hydrogens (tertiary/aromatic N) is 6. The number of imidazole rings is 4. The first kappa shape index (κ1) is 24.0. The maximum Gasteiger partial charge on any atom is 0.223 e. The first-order chi connectivity index (χ1) is 22.8. The van der Waals surface area contributed by atoms with Crippen LogP contribution in [0.5, 0.6) is 0 Å². The normalized spacial score (nSPS) is 12.3. The summed E-state index contributed by atoms with van der Waals surface area (Å²) in [5.74, 6) is 1.73. The molecule has 4 aromatic heterocycles. The van der Waals surface area contributed by atoms with Crippen LogP contribution in [-0.4, -0.2) is 23.2 Å². The van der Waals surface area contributed by atoms with Crippen molar-refractivity contribution in [3.63, 3.8) is 0 Å². The summed E-state index contributed by atoms with van der Waals surface area (Å²) in [5.41, 5.74) is 10.7. The van der Waals surface area contributed by atoms with Crippen LogP contribution >= 0.6 is 0 Å². The Hall–Kier alpha value is -6.40. The van der Waals surface area contributed by atoms with Gasteiger partial charge in [0.1, 0.15) is 5.52 Å². The zero-order chi connectivity index (χ0) is 29.9. The predicted octanol–water partition coefficient (Wildman–Crippen LogP) is 9.91. The summed E-state index contributed by atoms with van der Waals surface area (Å²) in [6.07, 6.45) is 0. The van der Waals surface area contributed by atoms with Gasteiger partial charge in [0.2, 0.25) is 11.6 Å². The van der Waals surface area contributed by atoms with Crippen molar-refractivity contribution >= 4 is 88.8 Å². The predicted molar refractivity (Wildman–Crippen MR) is 188 cm³/mol. The van der Waals surface area contributed by atoms with Crippen LogP contribution < -0.4 is 4.90 Å². The lowest BCUT2D eigenvalue weighted by Crippen LogP contribution is -2.10. The van der Waals surface area contributed by atoms with Crippen LogP contribution in [0, 0.1) is 0 Å². The maximum absolute atomic E-state index is 5.28. The number of hydrogen-bond donors (Lipinski definition) is 0. The molecule has 0 fully saturated rings. The Morgan fingerprint density at radius 3 is 1.24 bits per heavy atom. The Kier molecular flexibility index (Phi) is 4.49. The highest BCUT2D eigenvalue weighted by Gasteiger charge is 2.26. The maximum atomic E-state index is 5.28. The monoisotopic (exact) mass is 588 g/mol. The summed E-state index contributed by atoms with van der Waals surface area (Å²) in [6, 6.07) is 51.7. The second-order valence-corrected chi connectivity index (χ2v) is 12.0. The smallest absolute Gasteiger partial charge is 0.223 e. The van der Waals surface area contributed by atoms with Gasteiger partial charge in [-0.2, -0.15) is 0 Å². The molecule has 6 nitrogen and oxygen atoms in total. The lowest BCUT2D eigenvalue weighted by Gasteiger charge is -2.25. The van der Waals surface area contributed by atoms with E-state index in [-0.39, 0.29) is 0 Å². The van der Waals surface area contributed by atoms with E-state index in [1.807, 2.05) is 0 Å². The van der Waals surface area contributed by atoms with Gasteiger partial charge in [-0.1, -0.05) is 84.9 Å². The van der Waals surface area contributed by atoms with Gasteiger partial charge in [-0.3, -0.25) is 8.80 Å². The molecule has 0 saturated carbocycles. The Labute approximate surface area is 261 Å². The summed E-state index contributed by atoms with van der Waals surface area (Å²) in [5, 5.41) is 4.75. The molecule has 0 amide bonds. The van der Waals surface area contributed by atoms with Crippen LogP contribution in [0.1, 0.15) is 0 Å². The van der Waals surface area contributed by atoms with Gasteiger partial charge in [-0.05, 0) is 82.2 Å². The van der Waals surface area contributed by atoms with Crippen LogP contribution in [0.15, 0.2) is 146 Å². The van der Waals surface area contributed by atoms with E-state index in [1.165, 1.54) is 21.5 Å². The van der Waals surface area contributed by atoms with E-state index >= 15 is 0 Å². The second-order valence-electron chi connectivity index (χ2n) is 12.0. The number of hydrogen-bond acceptors (Lipinski definition) is 3. The summed E-state index contributed by atoms with van der Waals surface area (Å²) >= 11 is 0. The Bertz CT molecular complexity index is 2770. The molecule has 11 rings (SSSR count). The summed E-state index contributed by atoms with van der Waals surface area (Å²) in [4.78, 5) is 12.9. The minimum Gasteiger partial charge on any atom is -0.310 e. The lowest BCUT2D eigenvalue weighted by molar-refractivity contribution is 1.15. The van der Waals surface area contributed by atoms with Crippen molar-refractivity contribution in [3.8, 4) is 0 Å². The van der Waals surface area contributed by atoms with E-state index in [1.54, 1.807) is 0 Å². The standard InChI is InChI=1S/C40H24N6/c1-3-15-29(16-4-1)43(30-17-5-2-6-18-30)31-23-36-38-37(24-31)45-35-22-28-14-10-8-12-26(28)20-33(35)42-40(45)46(38)39-41-32-19-25-11-7-9-13-27(25)21-34(32)44(36)39/h1-24H. The Balaban J connectivity index is 1.35. The minimum absolute atomic E-state index is 0.864. The van der Waals surface area contributed by atoms with Crippen molar-refractivity contribution in [2.24, 2.45) is 0 Å². The minimum atomic E-state index is 0.864. The molecule has 0 radical (unpaired) electrons. The van der Waals surface area contributed by atoms with E-state index in [9.17, 15) is 0 Å². The van der Waals surface area contributed by atoms with Crippen LogP contribution in [0.2, 0.25) is 0 Å². The van der Waals surface area contributed by atoms with E-state index in [0.29, 0.717) is 0 Å². The molecule has 11 aromatic rings. The molecule has 0 aliphatic rings. The third-order valence-corrected chi connectivity index (χ3v) is 9.46. The van der Waals surface area contributed by atoms with Crippen molar-refractivity contribution in [2.75, 3.05) is 4.90 Å². The average molecular weight is 589 g/mol. The van der Waals surface area contributed by atoms with Crippen molar-refractivity contribution < 1.29 is 0 Å². The molecule has 0 N–H and O–H groups in total. The number of aromatic nitrogens is 5. The SMILES string of the molecule is c1ccc(N(c2ccccc2)c2cc3c4c(c2)n2c5cc6ccccc6cc5nc2n4c2nc4cc5ccccc5cc4n32)cc1. The molecule has 46 heavy (non-hydrogen) atoms. The van der Waals surface area contributed by atoms with Gasteiger partial charge in [-0.25, -0.2) is 14.4 Å². The molecule has 7 aromatic carbocycles. The first-order valence-electron chi connectivity index (χ1n) is 15.5. The van der Waals surface area contributed by atoms with Crippen molar-refractivity contribution in [3.05, 3.63) is 146 Å². The largest absolute Gasteiger partial charge is 0.310 e. The highest BCUT2D eigenvalue weighted by molar-refractivity contribution is 6.08. The van der Waals surface area contributed by atoms with Crippen molar-refractivity contribution in [2.45, 2.75) is 0 Å². The van der Waals surface area contributed by atoms with Gasteiger partial charge >= 0.3 is 0 Å². The molecule has 0 bridgehead atoms. The molecule has 0 unspecified atom stereocenters. The molecule has 0 atom stereocenters. The molecule has 0 aliphatic carbocycles. The summed E-state index contributed by atoms with van der Waals surface area (Å²) in [6.45, 7) is 0. The fraction of sp³-hybridized carbons (Fsp3) is 0. The highest BCUT2D eigenvalue weighted by Crippen LogP contribution is 2.42. The van der Waals surface area contributed by atoms with E-state index < -0.39 is 0 Å². The van der Waals surface area contributed by atoms with Crippen LogP contribution in [0.25, 0.3) is 71.7 Å². The number of benzene rings is 7. The Morgan fingerprint density at radius 1 is 0.370 bits per heavy atom. The molecule has 0 spiro atoms. The van der Waals surface area contributed by atoms with Crippen LogP contribution in [-0.2, 0) is 0 Å². The summed E-state index contributed by atoms with van der Waals surface area (Å²) < 4.78 is 6.88. The average Bonchev–Trinajstić information content (AvgIpc) is 3.82. The van der Waals surface area contributed by atoms with Gasteiger partial charge in [0.05, 0.1) is 38.8 Å². The van der Waals surface area contributed by atoms with Gasteiger partial charge in [0.15, 0.2) is 0 Å². The van der Waals surface area contributed by atoms with Crippen molar-refractivity contribution in [1.82, 2.24) is 23.2 Å². The first-order valence-corrected chi connectivity index (χ1v) is 15.5. The second kappa shape index (κ2) is 8.61. The van der Waals surface area contributed by atoms with E-state index in [0.717, 1.165) is 67.2 Å². The molecular formula is C40H24N6. The lowest BCUT2D eigenvalue weighted by atomic mass is 10.1. The van der Waals surface area contributed by atoms with Crippen LogP contribution in [0.3, 0.4) is 0 Å². The molecule has 214 valence electrons. The summed E-state index contributed by atoms with van der Waals surface area (Å²) in [7, 11) is 0. The number of anilines is 3. The third-order valence-electron chi connectivity index (χ3n) is 9.46. The number of rotatable bonds is 3. The molecule has 0 saturated heterocycles. The van der Waals surface area contributed by atoms with Gasteiger partial charge in [0, 0.05) is 11.4 Å². The topological polar surface area (TPSA) is 42.2 Å². The van der Waals surface area contributed by atoms with E-state index in [4.69, 9.17) is 9.97 Å². The third kappa shape index (κ3) is 3.09. The Morgan fingerprint density at radius 2 is 0.783 bits per heavy atom. The molecule has 4 heterocycles. The molecular weight excluding hydrogens is 564 g/mol. The zero-order valence-corrected chi connectivity index (χ0v) is 24.5. The van der Waals surface area contributed by atoms with Gasteiger partial charge in [-0.15, -0.1) is 0 Å². The zero-order valence-electron chi connectivity index (χ0n) is 24.5. The fourth-order valence-corrected chi connectivity index (χ4v) is 7.46. The fourth-order valence-electron chi connectivity index (χ4n) is 7.46. The quantitative estimate of drug-likeness (QED) is 0.206. The van der Waals surface area contributed by atoms with Crippen LogP contribution in [0.4, 0.5) is 17.1 Å². The van der Waals surface area contributed by atoms with Gasteiger partial charge < -0.3 is 4.90 Å². The van der Waals surface area contributed by atoms with Crippen molar-refractivity contribution in [1.29, 1.82) is 0 Å². The number of fused-ring (bicyclic) bond motifs is 12.